The number of nitrogens with one attached hydrogen (secondary N) is 1. The minimum absolute atomic E-state index is 0.00187. The Morgan fingerprint density at radius 1 is 0.810 bits per heavy atom. The Balaban J connectivity index is 0.000000369. The lowest BCUT2D eigenvalue weighted by Gasteiger charge is -1.88. The summed E-state index contributed by atoms with van der Waals surface area (Å²) in [5.41, 5.74) is 0.00373. The number of nitriles is 4. The molecule has 0 saturated carbocycles. The first-order valence-corrected chi connectivity index (χ1v) is 5.64. The number of aromatic nitrogens is 2. The van der Waals surface area contributed by atoms with Crippen LogP contribution in [0.2, 0.25) is 0 Å². The molecule has 0 amide bonds. The van der Waals surface area contributed by atoms with Crippen LogP contribution in [0.4, 0.5) is 0 Å². The number of H-pyrrole nitrogens is 1. The van der Waals surface area contributed by atoms with Crippen molar-refractivity contribution in [3.05, 3.63) is 53.4 Å². The standard InChI is InChI=1S/C12H4N4.C3H4N2/c13-5-11(6-14)9-1-2-10(4-3-9)12(7-15)8-16;1-2-5-3-4-1/h1-4H;1-3H,(H,4,5). The molecule has 0 unspecified atom stereocenters. The van der Waals surface area contributed by atoms with Gasteiger partial charge in [0.2, 0.25) is 0 Å². The van der Waals surface area contributed by atoms with Crippen LogP contribution in [0.1, 0.15) is 0 Å². The van der Waals surface area contributed by atoms with Gasteiger partial charge >= 0.3 is 0 Å². The molecule has 98 valence electrons. The second kappa shape index (κ2) is 8.27. The predicted molar refractivity (Wildman–Crippen MR) is 73.5 cm³/mol. The summed E-state index contributed by atoms with van der Waals surface area (Å²) in [4.78, 5) is 6.42. The van der Waals surface area contributed by atoms with E-state index >= 15 is 0 Å². The molecule has 0 aliphatic rings. The van der Waals surface area contributed by atoms with Crippen molar-refractivity contribution in [1.29, 1.82) is 21.0 Å². The van der Waals surface area contributed by atoms with Crippen molar-refractivity contribution in [2.75, 3.05) is 0 Å². The van der Waals surface area contributed by atoms with Gasteiger partial charge in [0.25, 0.3) is 0 Å². The zero-order valence-corrected chi connectivity index (χ0v) is 10.8. The summed E-state index contributed by atoms with van der Waals surface area (Å²) in [5, 5.41) is 35.5. The second-order valence-corrected chi connectivity index (χ2v) is 3.54. The average molecular weight is 272 g/mol. The summed E-state index contributed by atoms with van der Waals surface area (Å²) in [5.74, 6) is 0. The number of hydrogen-bond acceptors (Lipinski definition) is 5. The van der Waals surface area contributed by atoms with Gasteiger partial charge < -0.3 is 4.98 Å². The number of benzene rings is 1. The third-order valence-corrected chi connectivity index (χ3v) is 2.32. The highest BCUT2D eigenvalue weighted by molar-refractivity contribution is 5.74. The largest absolute Gasteiger partial charge is 0.351 e. The fourth-order valence-corrected chi connectivity index (χ4v) is 1.33. The van der Waals surface area contributed by atoms with Crippen molar-refractivity contribution in [3.8, 4) is 24.3 Å². The van der Waals surface area contributed by atoms with Crippen LogP contribution in [0, 0.1) is 45.3 Å². The van der Waals surface area contributed by atoms with Gasteiger partial charge in [-0.15, -0.1) is 0 Å². The summed E-state index contributed by atoms with van der Waals surface area (Å²) in [6.07, 6.45) is 5.08. The minimum atomic E-state index is 0.00187. The third-order valence-electron chi connectivity index (χ3n) is 2.32. The Morgan fingerprint density at radius 2 is 1.24 bits per heavy atom. The Hall–Kier alpha value is -3.87. The molecule has 1 N–H and O–H groups in total. The van der Waals surface area contributed by atoms with Crippen molar-refractivity contribution in [3.63, 3.8) is 0 Å². The molecular formula is C15H8N6. The SMILES string of the molecule is N#CC(C#N)=c1ccc(=C(C#N)C#N)cc1.c1c[nH]cn1. The lowest BCUT2D eigenvalue weighted by Crippen LogP contribution is -2.11. The number of nitrogens with zero attached hydrogens (tertiary/aromatic N) is 5. The van der Waals surface area contributed by atoms with Gasteiger partial charge in [0.1, 0.15) is 35.4 Å². The van der Waals surface area contributed by atoms with Crippen molar-refractivity contribution in [1.82, 2.24) is 9.97 Å². The van der Waals surface area contributed by atoms with Crippen molar-refractivity contribution >= 4 is 11.1 Å². The van der Waals surface area contributed by atoms with Gasteiger partial charge in [-0.3, -0.25) is 0 Å². The molecule has 2 aromatic rings. The van der Waals surface area contributed by atoms with Crippen molar-refractivity contribution in [2.24, 2.45) is 0 Å². The first kappa shape index (κ1) is 15.2. The highest BCUT2D eigenvalue weighted by atomic mass is 14.8. The van der Waals surface area contributed by atoms with E-state index in [-0.39, 0.29) is 11.1 Å². The van der Waals surface area contributed by atoms with E-state index in [9.17, 15) is 0 Å². The van der Waals surface area contributed by atoms with E-state index in [1.807, 2.05) is 0 Å². The number of aromatic amines is 1. The molecule has 0 radical (unpaired) electrons. The lowest BCUT2D eigenvalue weighted by atomic mass is 10.1. The van der Waals surface area contributed by atoms with Gasteiger partial charge in [0, 0.05) is 22.8 Å². The molecule has 1 heterocycles. The number of rotatable bonds is 0. The van der Waals surface area contributed by atoms with Gasteiger partial charge in [0.15, 0.2) is 0 Å². The van der Waals surface area contributed by atoms with E-state index in [0.717, 1.165) is 0 Å². The fraction of sp³-hybridized carbons (Fsp3) is 0. The Morgan fingerprint density at radius 3 is 1.43 bits per heavy atom. The van der Waals surface area contributed by atoms with E-state index in [1.54, 1.807) is 43.0 Å². The molecule has 1 aromatic carbocycles. The predicted octanol–water partition coefficient (Wildman–Crippen LogP) is 0.492. The molecule has 0 aliphatic carbocycles. The number of hydrogen-bond donors (Lipinski definition) is 1. The van der Waals surface area contributed by atoms with Gasteiger partial charge in [-0.2, -0.15) is 21.0 Å². The molecule has 0 bridgehead atoms. The molecule has 0 spiro atoms. The summed E-state index contributed by atoms with van der Waals surface area (Å²) >= 11 is 0. The zero-order valence-electron chi connectivity index (χ0n) is 10.8. The molecule has 2 rings (SSSR count). The van der Waals surface area contributed by atoms with Crippen LogP contribution in [-0.2, 0) is 0 Å². The van der Waals surface area contributed by atoms with Crippen LogP contribution >= 0.6 is 0 Å². The molecule has 0 saturated heterocycles. The average Bonchev–Trinajstić information content (AvgIpc) is 3.11. The highest BCUT2D eigenvalue weighted by Gasteiger charge is 1.95. The minimum Gasteiger partial charge on any atom is -0.351 e. The van der Waals surface area contributed by atoms with Crippen molar-refractivity contribution in [2.45, 2.75) is 0 Å². The fourth-order valence-electron chi connectivity index (χ4n) is 1.33. The molecule has 0 atom stereocenters. The van der Waals surface area contributed by atoms with Crippen LogP contribution in [0.15, 0.2) is 43.0 Å². The lowest BCUT2D eigenvalue weighted by molar-refractivity contribution is 1.31. The Bertz CT molecular complexity index is 744. The maximum absolute atomic E-state index is 8.63. The van der Waals surface area contributed by atoms with E-state index in [1.165, 1.54) is 24.3 Å². The topological polar surface area (TPSA) is 124 Å². The monoisotopic (exact) mass is 272 g/mol. The molecule has 0 fully saturated rings. The molecule has 1 aromatic heterocycles. The van der Waals surface area contributed by atoms with E-state index in [0.29, 0.717) is 10.4 Å². The maximum atomic E-state index is 8.63. The summed E-state index contributed by atoms with van der Waals surface area (Å²) in [6.45, 7) is 0. The maximum Gasteiger partial charge on any atom is 0.136 e. The van der Waals surface area contributed by atoms with E-state index in [2.05, 4.69) is 9.97 Å². The van der Waals surface area contributed by atoms with Crippen LogP contribution in [0.5, 0.6) is 0 Å². The molecule has 21 heavy (non-hydrogen) atoms. The molecule has 6 heteroatoms. The molecule has 6 nitrogen and oxygen atoms in total. The van der Waals surface area contributed by atoms with Gasteiger partial charge in [-0.1, -0.05) is 24.3 Å². The second-order valence-electron chi connectivity index (χ2n) is 3.54. The first-order chi connectivity index (χ1) is 10.3. The smallest absolute Gasteiger partial charge is 0.136 e. The summed E-state index contributed by atoms with van der Waals surface area (Å²) < 4.78 is 0. The van der Waals surface area contributed by atoms with Crippen LogP contribution in [0.25, 0.3) is 11.1 Å². The normalized spacial score (nSPS) is 7.81. The first-order valence-electron chi connectivity index (χ1n) is 5.64. The summed E-state index contributed by atoms with van der Waals surface area (Å²) in [7, 11) is 0. The zero-order chi connectivity index (χ0) is 15.5. The summed E-state index contributed by atoms with van der Waals surface area (Å²) in [6, 6.07) is 13.2. The van der Waals surface area contributed by atoms with Gasteiger partial charge in [-0.25, -0.2) is 4.98 Å². The van der Waals surface area contributed by atoms with Gasteiger partial charge in [-0.05, 0) is 0 Å². The van der Waals surface area contributed by atoms with E-state index < -0.39 is 0 Å². The van der Waals surface area contributed by atoms with E-state index in [4.69, 9.17) is 21.0 Å². The third kappa shape index (κ3) is 4.38. The number of imidazole rings is 1. The van der Waals surface area contributed by atoms with Crippen molar-refractivity contribution < 1.29 is 0 Å². The quantitative estimate of drug-likeness (QED) is 0.747. The highest BCUT2D eigenvalue weighted by Crippen LogP contribution is 1.88. The molecule has 0 aliphatic heterocycles. The van der Waals surface area contributed by atoms with Crippen LogP contribution in [0.3, 0.4) is 0 Å². The Kier molecular flexibility index (Phi) is 5.98. The van der Waals surface area contributed by atoms with Gasteiger partial charge in [0.05, 0.1) is 6.33 Å². The Labute approximate surface area is 120 Å². The molecular weight excluding hydrogens is 264 g/mol. The van der Waals surface area contributed by atoms with Crippen LogP contribution < -0.4 is 10.4 Å². The van der Waals surface area contributed by atoms with Crippen LogP contribution in [-0.4, -0.2) is 9.97 Å².